The van der Waals surface area contributed by atoms with Crippen molar-refractivity contribution in [3.05, 3.63) is 29.3 Å². The molecule has 204 valence electrons. The van der Waals surface area contributed by atoms with Gasteiger partial charge in [-0.05, 0) is 24.6 Å². The second-order valence-electron chi connectivity index (χ2n) is 7.84. The molecular weight excluding hydrogens is 623 g/mol. The molecule has 2 aliphatic rings. The molecule has 0 aliphatic carbocycles. The van der Waals surface area contributed by atoms with Crippen molar-refractivity contribution in [1.29, 1.82) is 0 Å². The van der Waals surface area contributed by atoms with E-state index < -0.39 is 29.7 Å². The highest BCUT2D eigenvalue weighted by atomic mass is 127. The van der Waals surface area contributed by atoms with Crippen molar-refractivity contribution in [3.63, 3.8) is 0 Å². The summed E-state index contributed by atoms with van der Waals surface area (Å²) in [6, 6.07) is 3.57. The molecule has 0 spiro atoms. The summed E-state index contributed by atoms with van der Waals surface area (Å²) in [5, 5.41) is 2.17. The van der Waals surface area contributed by atoms with E-state index in [0.29, 0.717) is 65.2 Å². The quantitative estimate of drug-likeness (QED) is 0.107. The first-order chi connectivity index (χ1) is 18.0. The number of carbonyl (C=O) groups is 4. The van der Waals surface area contributed by atoms with Gasteiger partial charge in [-0.25, -0.2) is 0 Å². The van der Waals surface area contributed by atoms with E-state index in [1.165, 1.54) is 21.3 Å². The van der Waals surface area contributed by atoms with Gasteiger partial charge in [0.05, 0.1) is 79.8 Å². The summed E-state index contributed by atoms with van der Waals surface area (Å²) in [7, 11) is 1.28. The van der Waals surface area contributed by atoms with Crippen molar-refractivity contribution in [1.82, 2.24) is 10.2 Å². The lowest BCUT2D eigenvalue weighted by atomic mass is 10.0. The Kier molecular flexibility index (Phi) is 13.0. The van der Waals surface area contributed by atoms with Gasteiger partial charge >= 0.3 is 0 Å². The Balaban J connectivity index is 1.26. The van der Waals surface area contributed by atoms with Crippen LogP contribution in [0.2, 0.25) is 0 Å². The van der Waals surface area contributed by atoms with E-state index in [9.17, 15) is 19.2 Å². The third-order valence-corrected chi connectivity index (χ3v) is 6.40. The molecule has 4 amide bonds. The second-order valence-corrected chi connectivity index (χ2v) is 9.28. The number of hydrogen-bond donors (Lipinski definition) is 1. The molecular formula is C23H29IN2O10S. The molecule has 0 bridgehead atoms. The van der Waals surface area contributed by atoms with Gasteiger partial charge in [-0.15, -0.1) is 0 Å². The van der Waals surface area contributed by atoms with Gasteiger partial charge in [0.25, 0.3) is 11.8 Å². The van der Waals surface area contributed by atoms with Crippen LogP contribution in [-0.4, -0.2) is 101 Å². The van der Waals surface area contributed by atoms with E-state index in [1.54, 1.807) is 6.07 Å². The van der Waals surface area contributed by atoms with Crippen molar-refractivity contribution in [2.75, 3.05) is 66.1 Å². The molecule has 0 saturated carbocycles. The molecule has 1 fully saturated rings. The largest absolute Gasteiger partial charge is 0.491 e. The smallest absolute Gasteiger partial charge is 0.262 e. The van der Waals surface area contributed by atoms with Crippen molar-refractivity contribution in [2.45, 2.75) is 18.9 Å². The summed E-state index contributed by atoms with van der Waals surface area (Å²) in [6.45, 7) is 4.34. The van der Waals surface area contributed by atoms with Crippen LogP contribution in [-0.2, 0) is 32.7 Å². The number of piperidine rings is 1. The Morgan fingerprint density at radius 1 is 0.811 bits per heavy atom. The summed E-state index contributed by atoms with van der Waals surface area (Å²) in [5.74, 6) is -1.79. The number of nitrogens with zero attached hydrogens (tertiary/aromatic N) is 1. The maximum Gasteiger partial charge on any atom is 0.262 e. The molecule has 3 rings (SSSR count). The number of benzene rings is 1. The summed E-state index contributed by atoms with van der Waals surface area (Å²) >= 11 is 2.05. The van der Waals surface area contributed by atoms with Gasteiger partial charge in [-0.3, -0.25) is 29.4 Å². The summed E-state index contributed by atoms with van der Waals surface area (Å²) in [4.78, 5) is 50.0. The first kappa shape index (κ1) is 29.7. The van der Waals surface area contributed by atoms with E-state index in [4.69, 9.17) is 27.9 Å². The summed E-state index contributed by atoms with van der Waals surface area (Å²) in [6.07, 6.45) is 0.179. The Labute approximate surface area is 230 Å². The van der Waals surface area contributed by atoms with Crippen LogP contribution in [0.4, 0.5) is 0 Å². The predicted octanol–water partition coefficient (Wildman–Crippen LogP) is 1.55. The molecule has 0 aromatic heterocycles. The maximum atomic E-state index is 12.8. The highest BCUT2D eigenvalue weighted by molar-refractivity contribution is 14.2. The van der Waals surface area contributed by atoms with Gasteiger partial charge in [0, 0.05) is 27.6 Å². The maximum absolute atomic E-state index is 12.8. The van der Waals surface area contributed by atoms with Gasteiger partial charge in [0.1, 0.15) is 18.4 Å². The summed E-state index contributed by atoms with van der Waals surface area (Å²) < 4.78 is 32.3. The average Bonchev–Trinajstić information content (AvgIpc) is 3.13. The summed E-state index contributed by atoms with van der Waals surface area (Å²) in [5.41, 5.74) is 0.368. The SMILES string of the molecule is O=C1CCC(N2C(=O)c3ccc(OCCOCCOCCOCCOCCOSI)cc3C2=O)C(=O)N1. The minimum Gasteiger partial charge on any atom is -0.491 e. The molecule has 2 heterocycles. The van der Waals surface area contributed by atoms with E-state index in [0.717, 1.165) is 4.90 Å². The average molecular weight is 652 g/mol. The first-order valence-corrected chi connectivity index (χ1v) is 15.0. The Morgan fingerprint density at radius 3 is 1.97 bits per heavy atom. The molecule has 2 aliphatic heterocycles. The number of amides is 4. The van der Waals surface area contributed by atoms with Crippen molar-refractivity contribution in [3.8, 4) is 5.75 Å². The molecule has 1 saturated heterocycles. The molecule has 14 heteroatoms. The zero-order valence-electron chi connectivity index (χ0n) is 20.1. The van der Waals surface area contributed by atoms with E-state index >= 15 is 0 Å². The molecule has 1 unspecified atom stereocenters. The number of carbonyl (C=O) groups excluding carboxylic acids is 4. The number of hydrogen-bond acceptors (Lipinski definition) is 11. The van der Waals surface area contributed by atoms with Crippen LogP contribution in [0.3, 0.4) is 0 Å². The minimum atomic E-state index is -0.999. The minimum absolute atomic E-state index is 0.0709. The molecule has 1 aromatic rings. The Hall–Kier alpha value is -1.82. The normalized spacial score (nSPS) is 17.3. The van der Waals surface area contributed by atoms with Crippen LogP contribution in [0.15, 0.2) is 18.2 Å². The fourth-order valence-electron chi connectivity index (χ4n) is 3.64. The number of imide groups is 2. The van der Waals surface area contributed by atoms with Crippen LogP contribution in [0.5, 0.6) is 5.75 Å². The lowest BCUT2D eigenvalue weighted by Crippen LogP contribution is -2.54. The van der Waals surface area contributed by atoms with Gasteiger partial charge in [-0.2, -0.15) is 0 Å². The van der Waals surface area contributed by atoms with Crippen LogP contribution in [0, 0.1) is 0 Å². The fraction of sp³-hybridized carbons (Fsp3) is 0.565. The number of rotatable bonds is 18. The third-order valence-electron chi connectivity index (χ3n) is 5.38. The zero-order chi connectivity index (χ0) is 26.5. The van der Waals surface area contributed by atoms with Crippen LogP contribution in [0.25, 0.3) is 0 Å². The monoisotopic (exact) mass is 652 g/mol. The van der Waals surface area contributed by atoms with Crippen LogP contribution < -0.4 is 10.1 Å². The Morgan fingerprint density at radius 2 is 1.38 bits per heavy atom. The molecule has 1 aromatic carbocycles. The van der Waals surface area contributed by atoms with E-state index in [-0.39, 0.29) is 30.6 Å². The first-order valence-electron chi connectivity index (χ1n) is 11.7. The molecule has 1 atom stereocenters. The van der Waals surface area contributed by atoms with Gasteiger partial charge in [0.15, 0.2) is 0 Å². The van der Waals surface area contributed by atoms with Crippen molar-refractivity contribution < 1.29 is 47.0 Å². The number of halogens is 1. The van der Waals surface area contributed by atoms with Gasteiger partial charge in [-0.1, -0.05) is 0 Å². The van der Waals surface area contributed by atoms with Crippen molar-refractivity contribution >= 4 is 54.0 Å². The number of nitrogens with one attached hydrogen (secondary N) is 1. The topological polar surface area (TPSA) is 139 Å². The van der Waals surface area contributed by atoms with Crippen LogP contribution in [0.1, 0.15) is 33.6 Å². The number of ether oxygens (including phenoxy) is 5. The Bertz CT molecular complexity index is 950. The standard InChI is InChI=1S/C23H29IN2O10S/c24-37-36-14-12-34-10-8-32-6-5-31-7-9-33-11-13-35-16-1-2-17-18(15-16)23(30)26(22(17)29)19-3-4-20(27)25-21(19)28/h1-2,15,19H,3-14H2,(H,25,27,28). The fourth-order valence-corrected chi connectivity index (χ4v) is 4.32. The van der Waals surface area contributed by atoms with Crippen molar-refractivity contribution in [2.24, 2.45) is 0 Å². The lowest BCUT2D eigenvalue weighted by molar-refractivity contribution is -0.136. The third kappa shape index (κ3) is 9.15. The highest BCUT2D eigenvalue weighted by Gasteiger charge is 2.44. The number of fused-ring (bicyclic) bond motifs is 1. The van der Waals surface area contributed by atoms with E-state index in [1.807, 2.05) is 0 Å². The van der Waals surface area contributed by atoms with Crippen LogP contribution >= 0.6 is 30.4 Å². The van der Waals surface area contributed by atoms with E-state index in [2.05, 4.69) is 26.5 Å². The molecule has 37 heavy (non-hydrogen) atoms. The van der Waals surface area contributed by atoms with Gasteiger partial charge < -0.3 is 27.9 Å². The highest BCUT2D eigenvalue weighted by Crippen LogP contribution is 2.30. The molecule has 12 nitrogen and oxygen atoms in total. The second kappa shape index (κ2) is 16.2. The van der Waals surface area contributed by atoms with Gasteiger partial charge in [0.2, 0.25) is 11.8 Å². The predicted molar refractivity (Wildman–Crippen MR) is 139 cm³/mol. The zero-order valence-corrected chi connectivity index (χ0v) is 23.1. The molecule has 0 radical (unpaired) electrons. The lowest BCUT2D eigenvalue weighted by Gasteiger charge is -2.27. The molecule has 1 N–H and O–H groups in total.